The largest absolute Gasteiger partial charge is 0.381 e. The number of hydrogen-bond acceptors (Lipinski definition) is 4. The summed E-state index contributed by atoms with van der Waals surface area (Å²) in [6.45, 7) is 10.2. The molecule has 3 rings (SSSR count). The van der Waals surface area contributed by atoms with Gasteiger partial charge in [0.2, 0.25) is 0 Å². The molecule has 2 atom stereocenters. The van der Waals surface area contributed by atoms with Gasteiger partial charge in [-0.2, -0.15) is 0 Å². The number of nitrogens with zero attached hydrogens (tertiary/aromatic N) is 2. The van der Waals surface area contributed by atoms with Crippen LogP contribution in [0.25, 0.3) is 0 Å². The van der Waals surface area contributed by atoms with Gasteiger partial charge in [0.25, 0.3) is 0 Å². The molecule has 2 heterocycles. The van der Waals surface area contributed by atoms with Gasteiger partial charge in [-0.15, -0.1) is 0 Å². The predicted octanol–water partition coefficient (Wildman–Crippen LogP) is 1.56. The first kappa shape index (κ1) is 15.7. The summed E-state index contributed by atoms with van der Waals surface area (Å²) in [5.41, 5.74) is 0.354. The van der Waals surface area contributed by atoms with E-state index in [4.69, 9.17) is 4.74 Å². The summed E-state index contributed by atoms with van der Waals surface area (Å²) in [4.78, 5) is 5.22. The van der Waals surface area contributed by atoms with Crippen LogP contribution in [-0.2, 0) is 4.74 Å². The second-order valence-corrected chi connectivity index (χ2v) is 7.58. The smallest absolute Gasteiger partial charge is 0.0547 e. The predicted molar refractivity (Wildman–Crippen MR) is 86.7 cm³/mol. The minimum absolute atomic E-state index is 0.354. The molecule has 122 valence electrons. The quantitative estimate of drug-likeness (QED) is 0.735. The van der Waals surface area contributed by atoms with Gasteiger partial charge in [-0.3, -0.25) is 4.90 Å². The van der Waals surface area contributed by atoms with E-state index in [9.17, 15) is 0 Å². The van der Waals surface area contributed by atoms with E-state index in [1.54, 1.807) is 0 Å². The van der Waals surface area contributed by atoms with E-state index in [-0.39, 0.29) is 0 Å². The molecule has 1 aliphatic carbocycles. The normalized spacial score (nSPS) is 34.1. The molecule has 0 spiro atoms. The van der Waals surface area contributed by atoms with Crippen molar-refractivity contribution in [2.45, 2.75) is 51.1 Å². The van der Waals surface area contributed by atoms with Gasteiger partial charge in [0.15, 0.2) is 0 Å². The molecule has 2 saturated heterocycles. The summed E-state index contributed by atoms with van der Waals surface area (Å²) in [5, 5.41) is 3.74. The van der Waals surface area contributed by atoms with Crippen molar-refractivity contribution in [1.82, 2.24) is 15.1 Å². The molecule has 4 heteroatoms. The molecule has 0 aromatic heterocycles. The van der Waals surface area contributed by atoms with Gasteiger partial charge in [-0.1, -0.05) is 6.92 Å². The maximum Gasteiger partial charge on any atom is 0.0547 e. The molecule has 4 nitrogen and oxygen atoms in total. The molecule has 2 unspecified atom stereocenters. The van der Waals surface area contributed by atoms with Crippen molar-refractivity contribution in [2.75, 3.05) is 53.0 Å². The van der Waals surface area contributed by atoms with Crippen LogP contribution in [-0.4, -0.2) is 74.9 Å². The Morgan fingerprint density at radius 3 is 2.86 bits per heavy atom. The third-order valence-electron chi connectivity index (χ3n) is 5.56. The third-order valence-corrected chi connectivity index (χ3v) is 5.56. The van der Waals surface area contributed by atoms with Crippen LogP contribution in [0.2, 0.25) is 0 Å². The first-order valence-corrected chi connectivity index (χ1v) is 8.94. The van der Waals surface area contributed by atoms with E-state index < -0.39 is 0 Å². The van der Waals surface area contributed by atoms with Crippen LogP contribution in [0.15, 0.2) is 0 Å². The Hall–Kier alpha value is -0.160. The molecule has 3 aliphatic rings. The van der Waals surface area contributed by atoms with Crippen molar-refractivity contribution in [2.24, 2.45) is 5.41 Å². The zero-order valence-corrected chi connectivity index (χ0v) is 13.9. The van der Waals surface area contributed by atoms with Gasteiger partial charge < -0.3 is 15.0 Å². The van der Waals surface area contributed by atoms with Crippen LogP contribution in [0.1, 0.15) is 39.0 Å². The summed E-state index contributed by atoms with van der Waals surface area (Å²) < 4.78 is 5.75. The first-order chi connectivity index (χ1) is 10.2. The Labute approximate surface area is 130 Å². The topological polar surface area (TPSA) is 27.7 Å². The Balaban J connectivity index is 1.49. The molecular formula is C17H33N3O. The second-order valence-electron chi connectivity index (χ2n) is 7.58. The lowest BCUT2D eigenvalue weighted by atomic mass is 9.86. The standard InChI is InChI=1S/C17H33N3O/c1-3-20-9-4-5-16(20)11-19(2)13-17(8-10-21-14-17)12-18-15-6-7-15/h15-16,18H,3-14H2,1-2H3. The van der Waals surface area contributed by atoms with Crippen LogP contribution < -0.4 is 5.32 Å². The number of ether oxygens (including phenoxy) is 1. The zero-order valence-electron chi connectivity index (χ0n) is 13.9. The fourth-order valence-electron chi connectivity index (χ4n) is 4.13. The second kappa shape index (κ2) is 6.95. The molecule has 0 aromatic rings. The first-order valence-electron chi connectivity index (χ1n) is 8.94. The van der Waals surface area contributed by atoms with Gasteiger partial charge in [-0.25, -0.2) is 0 Å². The molecule has 21 heavy (non-hydrogen) atoms. The van der Waals surface area contributed by atoms with Gasteiger partial charge in [-0.05, 0) is 52.2 Å². The Morgan fingerprint density at radius 2 is 2.19 bits per heavy atom. The molecule has 3 fully saturated rings. The highest BCUT2D eigenvalue weighted by Gasteiger charge is 2.38. The van der Waals surface area contributed by atoms with Crippen molar-refractivity contribution in [3.8, 4) is 0 Å². The maximum atomic E-state index is 5.75. The average molecular weight is 295 g/mol. The number of hydrogen-bond donors (Lipinski definition) is 1. The highest BCUT2D eigenvalue weighted by molar-refractivity contribution is 4.92. The van der Waals surface area contributed by atoms with Gasteiger partial charge in [0.1, 0.15) is 0 Å². The van der Waals surface area contributed by atoms with Gasteiger partial charge in [0, 0.05) is 43.7 Å². The van der Waals surface area contributed by atoms with E-state index in [0.717, 1.165) is 31.8 Å². The van der Waals surface area contributed by atoms with Crippen LogP contribution in [0.4, 0.5) is 0 Å². The van der Waals surface area contributed by atoms with Crippen LogP contribution in [0.3, 0.4) is 0 Å². The zero-order chi connectivity index (χ0) is 14.7. The van der Waals surface area contributed by atoms with Crippen LogP contribution >= 0.6 is 0 Å². The fraction of sp³-hybridized carbons (Fsp3) is 1.00. The van der Waals surface area contributed by atoms with Gasteiger partial charge in [0.05, 0.1) is 6.61 Å². The van der Waals surface area contributed by atoms with E-state index in [1.165, 1.54) is 58.3 Å². The monoisotopic (exact) mass is 295 g/mol. The highest BCUT2D eigenvalue weighted by atomic mass is 16.5. The minimum atomic E-state index is 0.354. The molecule has 0 bridgehead atoms. The summed E-state index contributed by atoms with van der Waals surface area (Å²) in [7, 11) is 2.31. The van der Waals surface area contributed by atoms with Crippen molar-refractivity contribution < 1.29 is 4.74 Å². The van der Waals surface area contributed by atoms with Crippen molar-refractivity contribution in [3.63, 3.8) is 0 Å². The number of likely N-dealkylation sites (tertiary alicyclic amines) is 1. The number of likely N-dealkylation sites (N-methyl/N-ethyl adjacent to an activating group) is 2. The molecule has 1 saturated carbocycles. The molecular weight excluding hydrogens is 262 g/mol. The average Bonchev–Trinajstić information content (AvgIpc) is 3.02. The molecule has 1 N–H and O–H groups in total. The number of rotatable bonds is 8. The lowest BCUT2D eigenvalue weighted by Gasteiger charge is -2.35. The summed E-state index contributed by atoms with van der Waals surface area (Å²) >= 11 is 0. The maximum absolute atomic E-state index is 5.75. The lowest BCUT2D eigenvalue weighted by Crippen LogP contribution is -2.47. The summed E-state index contributed by atoms with van der Waals surface area (Å²) in [5.74, 6) is 0. The fourth-order valence-corrected chi connectivity index (χ4v) is 4.13. The van der Waals surface area contributed by atoms with E-state index in [1.807, 2.05) is 0 Å². The lowest BCUT2D eigenvalue weighted by molar-refractivity contribution is 0.105. The van der Waals surface area contributed by atoms with E-state index >= 15 is 0 Å². The Bertz CT molecular complexity index is 326. The van der Waals surface area contributed by atoms with Crippen molar-refractivity contribution in [3.05, 3.63) is 0 Å². The molecule has 0 radical (unpaired) electrons. The summed E-state index contributed by atoms with van der Waals surface area (Å²) in [6.07, 6.45) is 6.73. The third kappa shape index (κ3) is 4.19. The van der Waals surface area contributed by atoms with Crippen LogP contribution in [0.5, 0.6) is 0 Å². The Morgan fingerprint density at radius 1 is 1.33 bits per heavy atom. The summed E-state index contributed by atoms with van der Waals surface area (Å²) in [6, 6.07) is 1.58. The Kier molecular flexibility index (Phi) is 5.20. The van der Waals surface area contributed by atoms with Crippen molar-refractivity contribution >= 4 is 0 Å². The van der Waals surface area contributed by atoms with Crippen LogP contribution in [0, 0.1) is 5.41 Å². The molecule has 0 amide bonds. The number of nitrogens with one attached hydrogen (secondary N) is 1. The molecule has 0 aromatic carbocycles. The molecule has 2 aliphatic heterocycles. The highest BCUT2D eigenvalue weighted by Crippen LogP contribution is 2.31. The SMILES string of the molecule is CCN1CCCC1CN(C)CC1(CNC2CC2)CCOC1. The van der Waals surface area contributed by atoms with E-state index in [2.05, 4.69) is 29.1 Å². The minimum Gasteiger partial charge on any atom is -0.381 e. The van der Waals surface area contributed by atoms with Crippen molar-refractivity contribution in [1.29, 1.82) is 0 Å². The van der Waals surface area contributed by atoms with E-state index in [0.29, 0.717) is 5.41 Å². The van der Waals surface area contributed by atoms with Gasteiger partial charge >= 0.3 is 0 Å².